The van der Waals surface area contributed by atoms with Gasteiger partial charge in [0.05, 0.1) is 18.1 Å². The highest BCUT2D eigenvalue weighted by atomic mass is 32.2. The molecule has 0 amide bonds. The van der Waals surface area contributed by atoms with E-state index in [0.717, 1.165) is 23.1 Å². The lowest BCUT2D eigenvalue weighted by Gasteiger charge is -2.11. The number of aryl methyl sites for hydroxylation is 1. The molecule has 0 saturated heterocycles. The molecule has 0 aliphatic heterocycles. The lowest BCUT2D eigenvalue weighted by atomic mass is 10.2. The maximum atomic E-state index is 11.2. The average molecular weight is 306 g/mol. The first-order chi connectivity index (χ1) is 9.87. The van der Waals surface area contributed by atoms with Gasteiger partial charge in [-0.25, -0.2) is 13.1 Å². The van der Waals surface area contributed by atoms with Crippen molar-refractivity contribution in [1.82, 2.24) is 9.78 Å². The Labute approximate surface area is 124 Å². The molecule has 1 aromatic carbocycles. The zero-order valence-electron chi connectivity index (χ0n) is 12.0. The van der Waals surface area contributed by atoms with Gasteiger partial charge in [-0.3, -0.25) is 4.72 Å². The van der Waals surface area contributed by atoms with Crippen LogP contribution in [-0.4, -0.2) is 24.5 Å². The van der Waals surface area contributed by atoms with Gasteiger partial charge in [0.15, 0.2) is 0 Å². The van der Waals surface area contributed by atoms with Crippen LogP contribution >= 0.6 is 0 Å². The first kappa shape index (κ1) is 15.1. The number of sulfonamides is 1. The fourth-order valence-electron chi connectivity index (χ4n) is 1.86. The molecular weight excluding hydrogens is 288 g/mol. The standard InChI is InChI=1S/C14H18N4O2S/c1-4-18-10-12(9-16-18)8-15-13-5-6-14(11(2)7-13)17-21(3,19)20/h4-7,9-10,15,17H,1,8H2,2-3H3. The number of hydrogen-bond donors (Lipinski definition) is 2. The van der Waals surface area contributed by atoms with Crippen LogP contribution in [0.4, 0.5) is 11.4 Å². The van der Waals surface area contributed by atoms with Crippen molar-refractivity contribution in [2.75, 3.05) is 16.3 Å². The number of anilines is 2. The summed E-state index contributed by atoms with van der Waals surface area (Å²) in [6.45, 7) is 6.12. The minimum Gasteiger partial charge on any atom is -0.381 e. The Morgan fingerprint density at radius 3 is 2.76 bits per heavy atom. The van der Waals surface area contributed by atoms with Crippen LogP contribution in [0.2, 0.25) is 0 Å². The number of nitrogens with one attached hydrogen (secondary N) is 2. The normalized spacial score (nSPS) is 11.1. The van der Waals surface area contributed by atoms with Crippen LogP contribution in [0.1, 0.15) is 11.1 Å². The molecule has 0 atom stereocenters. The number of rotatable bonds is 6. The summed E-state index contributed by atoms with van der Waals surface area (Å²) in [5, 5.41) is 7.37. The SMILES string of the molecule is C=Cn1cc(CNc2ccc(NS(C)(=O)=O)c(C)c2)cn1. The second-order valence-electron chi connectivity index (χ2n) is 4.77. The third-order valence-corrected chi connectivity index (χ3v) is 3.45. The Balaban J connectivity index is 2.04. The minimum absolute atomic E-state index is 0.586. The summed E-state index contributed by atoms with van der Waals surface area (Å²) >= 11 is 0. The summed E-state index contributed by atoms with van der Waals surface area (Å²) in [5.74, 6) is 0. The zero-order chi connectivity index (χ0) is 15.5. The largest absolute Gasteiger partial charge is 0.381 e. The van der Waals surface area contributed by atoms with Crippen LogP contribution in [0, 0.1) is 6.92 Å². The molecule has 0 bridgehead atoms. The van der Waals surface area contributed by atoms with E-state index in [2.05, 4.69) is 21.7 Å². The van der Waals surface area contributed by atoms with E-state index in [9.17, 15) is 8.42 Å². The van der Waals surface area contributed by atoms with Crippen molar-refractivity contribution in [3.63, 3.8) is 0 Å². The molecule has 2 rings (SSSR count). The van der Waals surface area contributed by atoms with E-state index in [1.165, 1.54) is 0 Å². The number of benzene rings is 1. The van der Waals surface area contributed by atoms with Crippen LogP contribution in [0.3, 0.4) is 0 Å². The lowest BCUT2D eigenvalue weighted by molar-refractivity contribution is 0.607. The van der Waals surface area contributed by atoms with Gasteiger partial charge in [-0.2, -0.15) is 5.10 Å². The molecule has 1 aromatic heterocycles. The van der Waals surface area contributed by atoms with Crippen LogP contribution < -0.4 is 10.0 Å². The van der Waals surface area contributed by atoms with E-state index in [1.54, 1.807) is 23.1 Å². The molecule has 0 radical (unpaired) electrons. The summed E-state index contributed by atoms with van der Waals surface area (Å²) in [7, 11) is -3.26. The Bertz CT molecular complexity index is 750. The first-order valence-corrected chi connectivity index (χ1v) is 8.24. The summed E-state index contributed by atoms with van der Waals surface area (Å²) in [5.41, 5.74) is 3.39. The van der Waals surface area contributed by atoms with Gasteiger partial charge in [-0.05, 0) is 30.7 Å². The summed E-state index contributed by atoms with van der Waals surface area (Å²) in [6.07, 6.45) is 6.41. The van der Waals surface area contributed by atoms with Crippen LogP contribution in [-0.2, 0) is 16.6 Å². The van der Waals surface area contributed by atoms with Crippen molar-refractivity contribution in [3.05, 3.63) is 48.3 Å². The van der Waals surface area contributed by atoms with Crippen molar-refractivity contribution < 1.29 is 8.42 Å². The molecule has 6 nitrogen and oxygen atoms in total. The minimum atomic E-state index is -3.26. The van der Waals surface area contributed by atoms with Gasteiger partial charge in [-0.1, -0.05) is 6.58 Å². The van der Waals surface area contributed by atoms with Gasteiger partial charge in [0.2, 0.25) is 10.0 Å². The second-order valence-corrected chi connectivity index (χ2v) is 6.52. The van der Waals surface area contributed by atoms with E-state index in [4.69, 9.17) is 0 Å². The highest BCUT2D eigenvalue weighted by Crippen LogP contribution is 2.21. The molecule has 0 aliphatic carbocycles. The van der Waals surface area contributed by atoms with E-state index in [1.807, 2.05) is 25.3 Å². The molecular formula is C14H18N4O2S. The molecule has 112 valence electrons. The highest BCUT2D eigenvalue weighted by Gasteiger charge is 2.05. The third kappa shape index (κ3) is 4.35. The predicted molar refractivity (Wildman–Crippen MR) is 85.6 cm³/mol. The van der Waals surface area contributed by atoms with Gasteiger partial charge >= 0.3 is 0 Å². The van der Waals surface area contributed by atoms with Gasteiger partial charge in [0.25, 0.3) is 0 Å². The maximum absolute atomic E-state index is 11.2. The van der Waals surface area contributed by atoms with Gasteiger partial charge in [-0.15, -0.1) is 0 Å². The van der Waals surface area contributed by atoms with Crippen molar-refractivity contribution in [1.29, 1.82) is 0 Å². The molecule has 0 unspecified atom stereocenters. The second kappa shape index (κ2) is 6.01. The number of aromatic nitrogens is 2. The van der Waals surface area contributed by atoms with E-state index < -0.39 is 10.0 Å². The fraction of sp³-hybridized carbons (Fsp3) is 0.214. The van der Waals surface area contributed by atoms with Crippen LogP contribution in [0.15, 0.2) is 37.2 Å². The monoisotopic (exact) mass is 306 g/mol. The maximum Gasteiger partial charge on any atom is 0.229 e. The molecule has 2 aromatic rings. The van der Waals surface area contributed by atoms with Gasteiger partial charge in [0, 0.05) is 30.2 Å². The Hall–Kier alpha value is -2.28. The third-order valence-electron chi connectivity index (χ3n) is 2.86. The van der Waals surface area contributed by atoms with Crippen LogP contribution in [0.25, 0.3) is 6.20 Å². The van der Waals surface area contributed by atoms with E-state index in [0.29, 0.717) is 12.2 Å². The topological polar surface area (TPSA) is 76.0 Å². The summed E-state index contributed by atoms with van der Waals surface area (Å²) in [4.78, 5) is 0. The molecule has 7 heteroatoms. The van der Waals surface area contributed by atoms with E-state index in [-0.39, 0.29) is 0 Å². The van der Waals surface area contributed by atoms with Crippen LogP contribution in [0.5, 0.6) is 0 Å². The Morgan fingerprint density at radius 1 is 1.43 bits per heavy atom. The fourth-order valence-corrected chi connectivity index (χ4v) is 2.49. The van der Waals surface area contributed by atoms with E-state index >= 15 is 0 Å². The molecule has 0 saturated carbocycles. The quantitative estimate of drug-likeness (QED) is 0.858. The van der Waals surface area contributed by atoms with Crippen molar-refractivity contribution >= 4 is 27.6 Å². The van der Waals surface area contributed by atoms with Gasteiger partial charge < -0.3 is 5.32 Å². The predicted octanol–water partition coefficient (Wildman–Crippen LogP) is 2.28. The first-order valence-electron chi connectivity index (χ1n) is 6.35. The van der Waals surface area contributed by atoms with Crippen molar-refractivity contribution in [3.8, 4) is 0 Å². The summed E-state index contributed by atoms with van der Waals surface area (Å²) < 4.78 is 26.6. The average Bonchev–Trinajstić information content (AvgIpc) is 2.86. The molecule has 1 heterocycles. The zero-order valence-corrected chi connectivity index (χ0v) is 12.8. The number of hydrogen-bond acceptors (Lipinski definition) is 4. The molecule has 0 aliphatic rings. The molecule has 0 fully saturated rings. The van der Waals surface area contributed by atoms with Crippen molar-refractivity contribution in [2.45, 2.75) is 13.5 Å². The Kier molecular flexibility index (Phi) is 4.32. The van der Waals surface area contributed by atoms with Gasteiger partial charge in [0.1, 0.15) is 0 Å². The lowest BCUT2D eigenvalue weighted by Crippen LogP contribution is -2.10. The number of nitrogens with zero attached hydrogens (tertiary/aromatic N) is 2. The Morgan fingerprint density at radius 2 is 2.19 bits per heavy atom. The molecule has 0 spiro atoms. The summed E-state index contributed by atoms with van der Waals surface area (Å²) in [6, 6.07) is 5.47. The highest BCUT2D eigenvalue weighted by molar-refractivity contribution is 7.92. The molecule has 2 N–H and O–H groups in total. The molecule has 21 heavy (non-hydrogen) atoms. The van der Waals surface area contributed by atoms with Crippen molar-refractivity contribution in [2.24, 2.45) is 0 Å². The smallest absolute Gasteiger partial charge is 0.229 e.